The van der Waals surface area contributed by atoms with Gasteiger partial charge in [-0.1, -0.05) is 0 Å². The number of hydrogen-bond acceptors (Lipinski definition) is 5. The van der Waals surface area contributed by atoms with Crippen LogP contribution in [0.3, 0.4) is 0 Å². The quantitative estimate of drug-likeness (QED) is 0.623. The predicted octanol–water partition coefficient (Wildman–Crippen LogP) is 2.19. The van der Waals surface area contributed by atoms with Crippen molar-refractivity contribution in [2.24, 2.45) is 0 Å². The summed E-state index contributed by atoms with van der Waals surface area (Å²) in [7, 11) is 0. The summed E-state index contributed by atoms with van der Waals surface area (Å²) < 4.78 is 5.48. The smallest absolute Gasteiger partial charge is 0.269 e. The Morgan fingerprint density at radius 2 is 1.90 bits per heavy atom. The Hall–Kier alpha value is -2.18. The van der Waals surface area contributed by atoms with Crippen LogP contribution in [0, 0.1) is 10.1 Å². The largest absolute Gasteiger partial charge is 0.463 e. The minimum Gasteiger partial charge on any atom is -0.463 e. The van der Waals surface area contributed by atoms with Crippen molar-refractivity contribution in [2.45, 2.75) is 18.9 Å². The maximum absolute atomic E-state index is 10.6. The second-order valence-corrected chi connectivity index (χ2v) is 4.38. The molecule has 0 fully saturated rings. The average molecular weight is 277 g/mol. The third-order valence-electron chi connectivity index (χ3n) is 2.95. The molecule has 0 aliphatic rings. The van der Waals surface area contributed by atoms with Gasteiger partial charge in [0.1, 0.15) is 17.6 Å². The molecule has 0 saturated heterocycles. The SMILES string of the molecule is O=[N+]([O-])c1ccc(C(O)c2ccc(CCCO)o2)cc1. The Bertz CT molecular complexity index is 576. The number of aliphatic hydroxyl groups is 2. The van der Waals surface area contributed by atoms with Crippen molar-refractivity contribution in [1.29, 1.82) is 0 Å². The highest BCUT2D eigenvalue weighted by Gasteiger charge is 2.16. The molecule has 2 aromatic rings. The molecule has 1 unspecified atom stereocenters. The van der Waals surface area contributed by atoms with Crippen LogP contribution >= 0.6 is 0 Å². The van der Waals surface area contributed by atoms with Crippen LogP contribution < -0.4 is 0 Å². The van der Waals surface area contributed by atoms with Crippen molar-refractivity contribution in [3.05, 3.63) is 63.6 Å². The van der Waals surface area contributed by atoms with Crippen molar-refractivity contribution >= 4 is 5.69 Å². The van der Waals surface area contributed by atoms with Crippen molar-refractivity contribution < 1.29 is 19.6 Å². The zero-order valence-electron chi connectivity index (χ0n) is 10.7. The van der Waals surface area contributed by atoms with E-state index in [9.17, 15) is 15.2 Å². The van der Waals surface area contributed by atoms with Gasteiger partial charge in [0.15, 0.2) is 0 Å². The van der Waals surface area contributed by atoms with Crippen LogP contribution in [0.25, 0.3) is 0 Å². The number of aryl methyl sites for hydroxylation is 1. The number of nitro groups is 1. The fraction of sp³-hybridized carbons (Fsp3) is 0.286. The number of nitro benzene ring substituents is 1. The average Bonchev–Trinajstić information content (AvgIpc) is 2.93. The van der Waals surface area contributed by atoms with Gasteiger partial charge in [0.05, 0.1) is 4.92 Å². The third kappa shape index (κ3) is 3.23. The number of non-ortho nitro benzene ring substituents is 1. The first-order valence-electron chi connectivity index (χ1n) is 6.23. The van der Waals surface area contributed by atoms with E-state index in [2.05, 4.69) is 0 Å². The van der Waals surface area contributed by atoms with Crippen LogP contribution in [0.4, 0.5) is 5.69 Å². The normalized spacial score (nSPS) is 12.3. The van der Waals surface area contributed by atoms with Gasteiger partial charge in [-0.25, -0.2) is 0 Å². The van der Waals surface area contributed by atoms with Crippen molar-refractivity contribution in [2.75, 3.05) is 6.61 Å². The van der Waals surface area contributed by atoms with E-state index < -0.39 is 11.0 Å². The van der Waals surface area contributed by atoms with Gasteiger partial charge in [0.25, 0.3) is 5.69 Å². The van der Waals surface area contributed by atoms with E-state index in [0.717, 1.165) is 0 Å². The molecule has 0 radical (unpaired) electrons. The van der Waals surface area contributed by atoms with Crippen LogP contribution in [-0.4, -0.2) is 21.7 Å². The highest BCUT2D eigenvalue weighted by atomic mass is 16.6. The van der Waals surface area contributed by atoms with E-state index in [-0.39, 0.29) is 12.3 Å². The first-order chi connectivity index (χ1) is 9.61. The lowest BCUT2D eigenvalue weighted by atomic mass is 10.1. The minimum absolute atomic E-state index is 0.0240. The molecule has 2 rings (SSSR count). The molecule has 1 aromatic heterocycles. The molecule has 6 nitrogen and oxygen atoms in total. The molecule has 1 aromatic carbocycles. The topological polar surface area (TPSA) is 96.7 Å². The molecular formula is C14H15NO5. The third-order valence-corrected chi connectivity index (χ3v) is 2.95. The summed E-state index contributed by atoms with van der Waals surface area (Å²) in [6, 6.07) is 9.10. The van der Waals surface area contributed by atoms with Crippen molar-refractivity contribution in [1.82, 2.24) is 0 Å². The summed E-state index contributed by atoms with van der Waals surface area (Å²) in [6.07, 6.45) is 0.239. The molecule has 2 N–H and O–H groups in total. The predicted molar refractivity (Wildman–Crippen MR) is 71.3 cm³/mol. The molecule has 0 spiro atoms. The van der Waals surface area contributed by atoms with Crippen LogP contribution in [0.1, 0.15) is 29.6 Å². The minimum atomic E-state index is -0.960. The Morgan fingerprint density at radius 3 is 2.50 bits per heavy atom. The van der Waals surface area contributed by atoms with Crippen LogP contribution in [-0.2, 0) is 6.42 Å². The Morgan fingerprint density at radius 1 is 1.20 bits per heavy atom. The van der Waals surface area contributed by atoms with Crippen LogP contribution in [0.5, 0.6) is 0 Å². The summed E-state index contributed by atoms with van der Waals surface area (Å²) in [6.45, 7) is 0.0843. The molecule has 0 saturated carbocycles. The lowest BCUT2D eigenvalue weighted by Crippen LogP contribution is -1.98. The number of furan rings is 1. The van der Waals surface area contributed by atoms with E-state index in [1.165, 1.54) is 24.3 Å². The molecule has 6 heteroatoms. The van der Waals surface area contributed by atoms with Gasteiger partial charge in [-0.05, 0) is 36.2 Å². The van der Waals surface area contributed by atoms with E-state index >= 15 is 0 Å². The molecule has 1 heterocycles. The molecule has 0 amide bonds. The van der Waals surface area contributed by atoms with E-state index in [1.807, 2.05) is 0 Å². The number of nitrogens with zero attached hydrogens (tertiary/aromatic N) is 1. The summed E-state index contributed by atoms with van der Waals surface area (Å²) in [5, 5.41) is 29.5. The zero-order valence-corrected chi connectivity index (χ0v) is 10.7. The van der Waals surface area contributed by atoms with Gasteiger partial charge in [-0.15, -0.1) is 0 Å². The molecule has 1 atom stereocenters. The summed E-state index contributed by atoms with van der Waals surface area (Å²) in [5.74, 6) is 1.07. The van der Waals surface area contributed by atoms with Crippen molar-refractivity contribution in [3.63, 3.8) is 0 Å². The summed E-state index contributed by atoms with van der Waals surface area (Å²) in [4.78, 5) is 10.1. The molecular weight excluding hydrogens is 262 g/mol. The monoisotopic (exact) mass is 277 g/mol. The standard InChI is InChI=1S/C14H15NO5/c16-9-1-2-12-7-8-13(20-12)14(17)10-3-5-11(6-4-10)15(18)19/h3-8,14,16-17H,1-2,9H2. The Balaban J connectivity index is 2.11. The maximum Gasteiger partial charge on any atom is 0.269 e. The number of hydrogen-bond donors (Lipinski definition) is 2. The van der Waals surface area contributed by atoms with Crippen molar-refractivity contribution in [3.8, 4) is 0 Å². The second-order valence-electron chi connectivity index (χ2n) is 4.38. The van der Waals surface area contributed by atoms with Gasteiger partial charge in [-0.2, -0.15) is 0 Å². The van der Waals surface area contributed by atoms with Crippen LogP contribution in [0.15, 0.2) is 40.8 Å². The van der Waals surface area contributed by atoms with Gasteiger partial charge < -0.3 is 14.6 Å². The molecule has 106 valence electrons. The van der Waals surface area contributed by atoms with E-state index in [1.54, 1.807) is 12.1 Å². The Kier molecular flexibility index (Phi) is 4.49. The van der Waals surface area contributed by atoms with Gasteiger partial charge >= 0.3 is 0 Å². The van der Waals surface area contributed by atoms with E-state index in [4.69, 9.17) is 9.52 Å². The van der Waals surface area contributed by atoms with Gasteiger partial charge in [0, 0.05) is 25.2 Å². The first-order valence-corrected chi connectivity index (χ1v) is 6.23. The number of aliphatic hydroxyl groups excluding tert-OH is 2. The fourth-order valence-electron chi connectivity index (χ4n) is 1.87. The molecule has 20 heavy (non-hydrogen) atoms. The highest BCUT2D eigenvalue weighted by Crippen LogP contribution is 2.25. The Labute approximate surface area is 115 Å². The lowest BCUT2D eigenvalue weighted by Gasteiger charge is -2.07. The maximum atomic E-state index is 10.6. The summed E-state index contributed by atoms with van der Waals surface area (Å²) in [5.41, 5.74) is 0.502. The first kappa shape index (κ1) is 14.2. The second kappa shape index (κ2) is 6.31. The van der Waals surface area contributed by atoms with Crippen LogP contribution in [0.2, 0.25) is 0 Å². The number of rotatable bonds is 6. The summed E-state index contributed by atoms with van der Waals surface area (Å²) >= 11 is 0. The molecule has 0 bridgehead atoms. The van der Waals surface area contributed by atoms with E-state index in [0.29, 0.717) is 29.9 Å². The van der Waals surface area contributed by atoms with Gasteiger partial charge in [0.2, 0.25) is 0 Å². The van der Waals surface area contributed by atoms with Gasteiger partial charge in [-0.3, -0.25) is 10.1 Å². The molecule has 0 aliphatic heterocycles. The number of benzene rings is 1. The lowest BCUT2D eigenvalue weighted by molar-refractivity contribution is -0.384. The highest BCUT2D eigenvalue weighted by molar-refractivity contribution is 5.35. The zero-order chi connectivity index (χ0) is 14.5. The molecule has 0 aliphatic carbocycles. The fourth-order valence-corrected chi connectivity index (χ4v) is 1.87.